The highest BCUT2D eigenvalue weighted by Gasteiger charge is 2.23. The summed E-state index contributed by atoms with van der Waals surface area (Å²) in [5.74, 6) is 0.943. The van der Waals surface area contributed by atoms with Gasteiger partial charge in [0.05, 0.1) is 17.7 Å². The molecule has 0 spiro atoms. The van der Waals surface area contributed by atoms with E-state index < -0.39 is 10.0 Å². The molecule has 0 bridgehead atoms. The highest BCUT2D eigenvalue weighted by atomic mass is 32.2. The number of benzene rings is 1. The highest BCUT2D eigenvalue weighted by molar-refractivity contribution is 7.89. The molecule has 7 heteroatoms. The fourth-order valence-electron chi connectivity index (χ4n) is 3.44. The van der Waals surface area contributed by atoms with Gasteiger partial charge >= 0.3 is 0 Å². The van der Waals surface area contributed by atoms with Crippen molar-refractivity contribution in [2.75, 3.05) is 26.7 Å². The third-order valence-electron chi connectivity index (χ3n) is 4.87. The van der Waals surface area contributed by atoms with Crippen molar-refractivity contribution in [3.05, 3.63) is 53.9 Å². The van der Waals surface area contributed by atoms with Gasteiger partial charge in [-0.15, -0.1) is 0 Å². The molecule has 1 N–H and O–H groups in total. The van der Waals surface area contributed by atoms with Gasteiger partial charge in [0, 0.05) is 25.3 Å². The molecule has 2 aromatic rings. The van der Waals surface area contributed by atoms with E-state index in [1.807, 2.05) is 25.1 Å². The third kappa shape index (κ3) is 5.51. The van der Waals surface area contributed by atoms with Gasteiger partial charge in [-0.25, -0.2) is 13.1 Å². The molecule has 1 aromatic heterocycles. The van der Waals surface area contributed by atoms with Gasteiger partial charge in [0.15, 0.2) is 0 Å². The SMILES string of the molecule is COc1ccc(S(=O)(=O)NC[C@@H]2CCCN(Cc3cccc(C)n3)C2)cc1. The van der Waals surface area contributed by atoms with Gasteiger partial charge in [-0.3, -0.25) is 9.88 Å². The number of hydrogen-bond donors (Lipinski definition) is 1. The van der Waals surface area contributed by atoms with Crippen LogP contribution in [0.1, 0.15) is 24.2 Å². The standard InChI is InChI=1S/C20H27N3O3S/c1-16-5-3-7-18(22-16)15-23-12-4-6-17(14-23)13-21-27(24,25)20-10-8-19(26-2)9-11-20/h3,5,7-11,17,21H,4,6,12-15H2,1-2H3/t17-/m0/s1. The van der Waals surface area contributed by atoms with Crippen molar-refractivity contribution in [1.29, 1.82) is 0 Å². The maximum atomic E-state index is 12.5. The second kappa shape index (κ2) is 8.82. The molecule has 27 heavy (non-hydrogen) atoms. The fourth-order valence-corrected chi connectivity index (χ4v) is 4.56. The van der Waals surface area contributed by atoms with Gasteiger partial charge in [-0.05, 0) is 68.6 Å². The number of hydrogen-bond acceptors (Lipinski definition) is 5. The first-order chi connectivity index (χ1) is 13.0. The quantitative estimate of drug-likeness (QED) is 0.788. The maximum Gasteiger partial charge on any atom is 0.240 e. The number of rotatable bonds is 7. The van der Waals surface area contributed by atoms with Crippen LogP contribution in [0.15, 0.2) is 47.4 Å². The number of ether oxygens (including phenoxy) is 1. The Bertz CT molecular complexity index is 853. The lowest BCUT2D eigenvalue weighted by molar-refractivity contribution is 0.167. The number of nitrogens with zero attached hydrogens (tertiary/aromatic N) is 2. The van der Waals surface area contributed by atoms with E-state index >= 15 is 0 Å². The zero-order chi connectivity index (χ0) is 19.3. The van der Waals surface area contributed by atoms with Crippen molar-refractivity contribution >= 4 is 10.0 Å². The van der Waals surface area contributed by atoms with Crippen molar-refractivity contribution in [2.24, 2.45) is 5.92 Å². The minimum absolute atomic E-state index is 0.264. The lowest BCUT2D eigenvalue weighted by Gasteiger charge is -2.32. The molecule has 146 valence electrons. The molecule has 1 aliphatic heterocycles. The van der Waals surface area contributed by atoms with Crippen molar-refractivity contribution < 1.29 is 13.2 Å². The van der Waals surface area contributed by atoms with Crippen LogP contribution in [0.3, 0.4) is 0 Å². The first-order valence-electron chi connectivity index (χ1n) is 9.25. The van der Waals surface area contributed by atoms with E-state index in [4.69, 9.17) is 4.74 Å². The number of sulfonamides is 1. The summed E-state index contributed by atoms with van der Waals surface area (Å²) in [7, 11) is -1.94. The number of nitrogens with one attached hydrogen (secondary N) is 1. The summed E-state index contributed by atoms with van der Waals surface area (Å²) >= 11 is 0. The van der Waals surface area contributed by atoms with Crippen LogP contribution in [0.5, 0.6) is 5.75 Å². The zero-order valence-electron chi connectivity index (χ0n) is 15.9. The Balaban J connectivity index is 1.55. The van der Waals surface area contributed by atoms with E-state index in [0.29, 0.717) is 18.2 Å². The Labute approximate surface area is 161 Å². The summed E-state index contributed by atoms with van der Waals surface area (Å²) in [6.45, 7) is 5.16. The molecule has 0 saturated carbocycles. The van der Waals surface area contributed by atoms with Gasteiger partial charge < -0.3 is 4.74 Å². The predicted octanol–water partition coefficient (Wildman–Crippen LogP) is 2.59. The van der Waals surface area contributed by atoms with Crippen LogP contribution in [-0.4, -0.2) is 45.0 Å². The van der Waals surface area contributed by atoms with E-state index in [0.717, 1.165) is 43.9 Å². The number of aromatic nitrogens is 1. The Morgan fingerprint density at radius 3 is 2.70 bits per heavy atom. The molecular weight excluding hydrogens is 362 g/mol. The first kappa shape index (κ1) is 19.8. The van der Waals surface area contributed by atoms with E-state index in [1.165, 1.54) is 0 Å². The predicted molar refractivity (Wildman–Crippen MR) is 105 cm³/mol. The van der Waals surface area contributed by atoms with Crippen molar-refractivity contribution in [1.82, 2.24) is 14.6 Å². The summed E-state index contributed by atoms with van der Waals surface area (Å²) < 4.78 is 32.9. The summed E-state index contributed by atoms with van der Waals surface area (Å²) in [6, 6.07) is 12.5. The second-order valence-corrected chi connectivity index (χ2v) is 8.81. The molecule has 0 unspecified atom stereocenters. The lowest BCUT2D eigenvalue weighted by atomic mass is 9.98. The van der Waals surface area contributed by atoms with E-state index in [1.54, 1.807) is 31.4 Å². The minimum Gasteiger partial charge on any atom is -0.497 e. The van der Waals surface area contributed by atoms with Crippen LogP contribution < -0.4 is 9.46 Å². The topological polar surface area (TPSA) is 71.5 Å². The monoisotopic (exact) mass is 389 g/mol. The number of piperidine rings is 1. The molecule has 1 atom stereocenters. The fraction of sp³-hybridized carbons (Fsp3) is 0.450. The van der Waals surface area contributed by atoms with E-state index in [2.05, 4.69) is 14.6 Å². The normalized spacial score (nSPS) is 18.4. The Hall–Kier alpha value is -1.96. The van der Waals surface area contributed by atoms with E-state index in [-0.39, 0.29) is 4.90 Å². The van der Waals surface area contributed by atoms with Gasteiger partial charge in [0.2, 0.25) is 10.0 Å². The molecule has 3 rings (SSSR count). The van der Waals surface area contributed by atoms with Gasteiger partial charge in [0.25, 0.3) is 0 Å². The van der Waals surface area contributed by atoms with Crippen molar-refractivity contribution in [3.8, 4) is 5.75 Å². The van der Waals surface area contributed by atoms with E-state index in [9.17, 15) is 8.42 Å². The summed E-state index contributed by atoms with van der Waals surface area (Å²) in [5.41, 5.74) is 2.09. The lowest BCUT2D eigenvalue weighted by Crippen LogP contribution is -2.40. The third-order valence-corrected chi connectivity index (χ3v) is 6.31. The van der Waals surface area contributed by atoms with Gasteiger partial charge in [0.1, 0.15) is 5.75 Å². The summed E-state index contributed by atoms with van der Waals surface area (Å²) in [5, 5.41) is 0. The van der Waals surface area contributed by atoms with Crippen molar-refractivity contribution in [2.45, 2.75) is 31.2 Å². The second-order valence-electron chi connectivity index (χ2n) is 7.04. The largest absolute Gasteiger partial charge is 0.497 e. The molecule has 1 saturated heterocycles. The Morgan fingerprint density at radius 2 is 2.00 bits per heavy atom. The van der Waals surface area contributed by atoms with Gasteiger partial charge in [-0.1, -0.05) is 6.07 Å². The van der Waals surface area contributed by atoms with Crippen LogP contribution in [0.2, 0.25) is 0 Å². The first-order valence-corrected chi connectivity index (χ1v) is 10.7. The summed E-state index contributed by atoms with van der Waals surface area (Å²) in [6.07, 6.45) is 2.10. The van der Waals surface area contributed by atoms with Crippen LogP contribution in [0.25, 0.3) is 0 Å². The Kier molecular flexibility index (Phi) is 6.46. The molecule has 0 amide bonds. The minimum atomic E-state index is -3.50. The zero-order valence-corrected chi connectivity index (χ0v) is 16.7. The van der Waals surface area contributed by atoms with Crippen LogP contribution >= 0.6 is 0 Å². The molecule has 1 aromatic carbocycles. The maximum absolute atomic E-state index is 12.5. The highest BCUT2D eigenvalue weighted by Crippen LogP contribution is 2.19. The Morgan fingerprint density at radius 1 is 1.22 bits per heavy atom. The molecule has 2 heterocycles. The molecule has 0 radical (unpaired) electrons. The number of likely N-dealkylation sites (tertiary alicyclic amines) is 1. The average Bonchev–Trinajstić information content (AvgIpc) is 2.67. The number of aryl methyl sites for hydroxylation is 1. The molecule has 0 aliphatic carbocycles. The molecular formula is C20H27N3O3S. The molecule has 1 aliphatic rings. The van der Waals surface area contributed by atoms with Crippen molar-refractivity contribution in [3.63, 3.8) is 0 Å². The molecule has 6 nitrogen and oxygen atoms in total. The summed E-state index contributed by atoms with van der Waals surface area (Å²) in [4.78, 5) is 7.19. The number of pyridine rings is 1. The van der Waals surface area contributed by atoms with Crippen LogP contribution in [0.4, 0.5) is 0 Å². The smallest absolute Gasteiger partial charge is 0.240 e. The van der Waals surface area contributed by atoms with Gasteiger partial charge in [-0.2, -0.15) is 0 Å². The molecule has 1 fully saturated rings. The van der Waals surface area contributed by atoms with Crippen LogP contribution in [0, 0.1) is 12.8 Å². The van der Waals surface area contributed by atoms with Crippen LogP contribution in [-0.2, 0) is 16.6 Å². The number of methoxy groups -OCH3 is 1. The average molecular weight is 390 g/mol.